The Balaban J connectivity index is 1.53. The normalized spacial score (nSPS) is 16.2. The molecule has 1 aliphatic rings. The number of rotatable bonds is 6. The first-order chi connectivity index (χ1) is 12.9. The number of carbonyl (C=O) groups excluding carboxylic acids is 1. The zero-order chi connectivity index (χ0) is 19.4. The molecular weight excluding hydrogens is 370 g/mol. The van der Waals surface area contributed by atoms with Gasteiger partial charge in [0.1, 0.15) is 10.5 Å². The Hall–Kier alpha value is -2.46. The molecule has 3 rings (SSSR count). The van der Waals surface area contributed by atoms with Gasteiger partial charge in [-0.25, -0.2) is 8.42 Å². The zero-order valence-corrected chi connectivity index (χ0v) is 16.1. The van der Waals surface area contributed by atoms with Crippen LogP contribution >= 0.6 is 0 Å². The lowest BCUT2D eigenvalue weighted by Gasteiger charge is -2.31. The SMILES string of the molecule is COc1nn(C)cc1C(=O)NCC1CCN(S(=O)(=O)c2cccnc2)CC1. The molecule has 1 N–H and O–H groups in total. The number of piperidine rings is 1. The fourth-order valence-electron chi connectivity index (χ4n) is 3.11. The van der Waals surface area contributed by atoms with Crippen LogP contribution in [0, 0.1) is 5.92 Å². The molecule has 9 nitrogen and oxygen atoms in total. The van der Waals surface area contributed by atoms with Crippen molar-refractivity contribution in [3.63, 3.8) is 0 Å². The predicted molar refractivity (Wildman–Crippen MR) is 97.8 cm³/mol. The Morgan fingerprint density at radius 2 is 2.11 bits per heavy atom. The van der Waals surface area contributed by atoms with Crippen LogP contribution in [-0.2, 0) is 17.1 Å². The van der Waals surface area contributed by atoms with E-state index < -0.39 is 10.0 Å². The van der Waals surface area contributed by atoms with Crippen molar-refractivity contribution in [2.45, 2.75) is 17.7 Å². The molecule has 2 aromatic heterocycles. The number of aromatic nitrogens is 3. The van der Waals surface area contributed by atoms with Crippen molar-refractivity contribution in [1.82, 2.24) is 24.4 Å². The second kappa shape index (κ2) is 8.05. The summed E-state index contributed by atoms with van der Waals surface area (Å²) in [6.07, 6.45) is 5.89. The Labute approximate surface area is 158 Å². The molecule has 0 bridgehead atoms. The van der Waals surface area contributed by atoms with E-state index in [0.29, 0.717) is 38.0 Å². The van der Waals surface area contributed by atoms with Gasteiger partial charge in [-0.1, -0.05) is 0 Å². The molecule has 1 amide bonds. The summed E-state index contributed by atoms with van der Waals surface area (Å²) < 4.78 is 33.3. The van der Waals surface area contributed by atoms with Crippen molar-refractivity contribution < 1.29 is 17.9 Å². The number of amides is 1. The molecule has 1 aliphatic heterocycles. The molecule has 0 spiro atoms. The first-order valence-corrected chi connectivity index (χ1v) is 10.1. The van der Waals surface area contributed by atoms with Crippen LogP contribution in [0.15, 0.2) is 35.6 Å². The molecule has 10 heteroatoms. The molecule has 2 aromatic rings. The van der Waals surface area contributed by atoms with E-state index in [-0.39, 0.29) is 22.6 Å². The summed E-state index contributed by atoms with van der Waals surface area (Å²) in [5.41, 5.74) is 0.386. The number of nitrogens with zero attached hydrogens (tertiary/aromatic N) is 4. The minimum atomic E-state index is -3.51. The third-order valence-corrected chi connectivity index (χ3v) is 6.51. The quantitative estimate of drug-likeness (QED) is 0.773. The van der Waals surface area contributed by atoms with E-state index in [2.05, 4.69) is 15.4 Å². The summed E-state index contributed by atoms with van der Waals surface area (Å²) in [6.45, 7) is 1.33. The van der Waals surface area contributed by atoms with Crippen LogP contribution in [0.1, 0.15) is 23.2 Å². The maximum Gasteiger partial charge on any atom is 0.258 e. The lowest BCUT2D eigenvalue weighted by atomic mass is 9.98. The van der Waals surface area contributed by atoms with Crippen LogP contribution in [0.2, 0.25) is 0 Å². The van der Waals surface area contributed by atoms with E-state index in [1.165, 1.54) is 22.3 Å². The maximum absolute atomic E-state index is 12.6. The van der Waals surface area contributed by atoms with E-state index in [1.807, 2.05) is 0 Å². The highest BCUT2D eigenvalue weighted by molar-refractivity contribution is 7.89. The molecule has 0 aliphatic carbocycles. The number of hydrogen-bond acceptors (Lipinski definition) is 6. The van der Waals surface area contributed by atoms with E-state index in [0.717, 1.165) is 0 Å². The van der Waals surface area contributed by atoms with E-state index >= 15 is 0 Å². The standard InChI is InChI=1S/C17H23N5O4S/c1-21-12-15(17(20-21)26-2)16(23)19-10-13-5-8-22(9-6-13)27(24,25)14-4-3-7-18-11-14/h3-4,7,11-13H,5-6,8-10H2,1-2H3,(H,19,23). The van der Waals surface area contributed by atoms with Gasteiger partial charge in [0, 0.05) is 45.3 Å². The fourth-order valence-corrected chi connectivity index (χ4v) is 4.54. The van der Waals surface area contributed by atoms with Crippen LogP contribution in [0.3, 0.4) is 0 Å². The van der Waals surface area contributed by atoms with Crippen LogP contribution < -0.4 is 10.1 Å². The summed E-state index contributed by atoms with van der Waals surface area (Å²) in [6, 6.07) is 3.16. The highest BCUT2D eigenvalue weighted by atomic mass is 32.2. The highest BCUT2D eigenvalue weighted by Gasteiger charge is 2.29. The number of sulfonamides is 1. The largest absolute Gasteiger partial charge is 0.479 e. The molecule has 1 saturated heterocycles. The molecule has 0 atom stereocenters. The van der Waals surface area contributed by atoms with E-state index in [1.54, 1.807) is 31.6 Å². The van der Waals surface area contributed by atoms with Gasteiger partial charge in [0.15, 0.2) is 0 Å². The van der Waals surface area contributed by atoms with Crippen molar-refractivity contribution in [1.29, 1.82) is 0 Å². The van der Waals surface area contributed by atoms with Gasteiger partial charge < -0.3 is 10.1 Å². The van der Waals surface area contributed by atoms with Crippen molar-refractivity contribution in [3.05, 3.63) is 36.3 Å². The van der Waals surface area contributed by atoms with Crippen LogP contribution in [0.25, 0.3) is 0 Å². The summed E-state index contributed by atoms with van der Waals surface area (Å²) in [7, 11) is -0.320. The molecule has 0 unspecified atom stereocenters. The number of methoxy groups -OCH3 is 1. The van der Waals surface area contributed by atoms with Crippen LogP contribution in [-0.4, -0.2) is 60.1 Å². The van der Waals surface area contributed by atoms with Gasteiger partial charge in [0.2, 0.25) is 15.9 Å². The van der Waals surface area contributed by atoms with Gasteiger partial charge in [0.05, 0.1) is 7.11 Å². The van der Waals surface area contributed by atoms with Crippen molar-refractivity contribution >= 4 is 15.9 Å². The Morgan fingerprint density at radius 3 is 2.74 bits per heavy atom. The van der Waals surface area contributed by atoms with Gasteiger partial charge in [-0.05, 0) is 30.9 Å². The predicted octanol–water partition coefficient (Wildman–Crippen LogP) is 0.654. The van der Waals surface area contributed by atoms with E-state index in [9.17, 15) is 13.2 Å². The fraction of sp³-hybridized carbons (Fsp3) is 0.471. The molecule has 146 valence electrons. The van der Waals surface area contributed by atoms with Crippen molar-refractivity contribution in [2.75, 3.05) is 26.7 Å². The van der Waals surface area contributed by atoms with Gasteiger partial charge in [-0.3, -0.25) is 14.5 Å². The molecule has 0 radical (unpaired) electrons. The van der Waals surface area contributed by atoms with Crippen LogP contribution in [0.5, 0.6) is 5.88 Å². The monoisotopic (exact) mass is 393 g/mol. The zero-order valence-electron chi connectivity index (χ0n) is 15.3. The van der Waals surface area contributed by atoms with Crippen molar-refractivity contribution in [2.24, 2.45) is 13.0 Å². The minimum absolute atomic E-state index is 0.209. The van der Waals surface area contributed by atoms with Crippen molar-refractivity contribution in [3.8, 4) is 5.88 Å². The molecule has 3 heterocycles. The molecule has 27 heavy (non-hydrogen) atoms. The number of hydrogen-bond donors (Lipinski definition) is 1. The molecule has 0 aromatic carbocycles. The molecule has 0 saturated carbocycles. The third-order valence-electron chi connectivity index (χ3n) is 4.63. The molecule has 1 fully saturated rings. The topological polar surface area (TPSA) is 106 Å². The minimum Gasteiger partial charge on any atom is -0.479 e. The summed E-state index contributed by atoms with van der Waals surface area (Å²) in [5, 5.41) is 6.96. The Morgan fingerprint density at radius 1 is 1.37 bits per heavy atom. The summed E-state index contributed by atoms with van der Waals surface area (Å²) >= 11 is 0. The van der Waals surface area contributed by atoms with E-state index in [4.69, 9.17) is 4.74 Å². The highest BCUT2D eigenvalue weighted by Crippen LogP contribution is 2.23. The average Bonchev–Trinajstić information content (AvgIpc) is 3.08. The molecular formula is C17H23N5O4S. The summed E-state index contributed by atoms with van der Waals surface area (Å²) in [5.74, 6) is 0.259. The second-order valence-corrected chi connectivity index (χ2v) is 8.41. The van der Waals surface area contributed by atoms with Gasteiger partial charge in [-0.15, -0.1) is 5.10 Å². The maximum atomic E-state index is 12.6. The number of pyridine rings is 1. The number of carbonyl (C=O) groups is 1. The third kappa shape index (κ3) is 4.28. The van der Waals surface area contributed by atoms with Gasteiger partial charge in [-0.2, -0.15) is 4.31 Å². The van der Waals surface area contributed by atoms with Gasteiger partial charge >= 0.3 is 0 Å². The Bertz CT molecular complexity index is 889. The van der Waals surface area contributed by atoms with Gasteiger partial charge in [0.25, 0.3) is 5.91 Å². The van der Waals surface area contributed by atoms with Crippen LogP contribution in [0.4, 0.5) is 0 Å². The second-order valence-electron chi connectivity index (χ2n) is 6.47. The lowest BCUT2D eigenvalue weighted by molar-refractivity contribution is 0.0938. The number of ether oxygens (including phenoxy) is 1. The number of nitrogens with one attached hydrogen (secondary N) is 1. The average molecular weight is 393 g/mol. The smallest absolute Gasteiger partial charge is 0.258 e. The Kier molecular flexibility index (Phi) is 5.76. The lowest BCUT2D eigenvalue weighted by Crippen LogP contribution is -2.41. The summed E-state index contributed by atoms with van der Waals surface area (Å²) in [4.78, 5) is 16.4. The number of aryl methyl sites for hydroxylation is 1. The first kappa shape index (κ1) is 19.3. The first-order valence-electron chi connectivity index (χ1n) is 8.68.